The fourth-order valence-electron chi connectivity index (χ4n) is 2.03. The fourth-order valence-corrected chi connectivity index (χ4v) is 2.16. The number of carbonyl (C=O) groups is 2. The van der Waals surface area contributed by atoms with Gasteiger partial charge in [-0.25, -0.2) is 4.68 Å². The highest BCUT2D eigenvalue weighted by Gasteiger charge is 2.19. The molecular weight excluding hydrogens is 306 g/mol. The number of aromatic nitrogens is 2. The molecule has 6 nitrogen and oxygen atoms in total. The van der Waals surface area contributed by atoms with Crippen LogP contribution in [0.4, 0.5) is 0 Å². The Bertz CT molecular complexity index is 695. The summed E-state index contributed by atoms with van der Waals surface area (Å²) in [5.41, 5.74) is 1.94. The van der Waals surface area contributed by atoms with Crippen molar-refractivity contribution >= 4 is 23.5 Å². The van der Waals surface area contributed by atoms with Crippen molar-refractivity contribution in [2.45, 2.75) is 13.3 Å². The number of hydrogen-bond acceptors (Lipinski definition) is 3. The minimum absolute atomic E-state index is 0.0907. The van der Waals surface area contributed by atoms with Crippen LogP contribution in [0.1, 0.15) is 22.5 Å². The van der Waals surface area contributed by atoms with E-state index in [0.717, 1.165) is 5.69 Å². The first-order valence-electron chi connectivity index (χ1n) is 6.68. The smallest absolute Gasteiger partial charge is 0.305 e. The van der Waals surface area contributed by atoms with Gasteiger partial charge in [0.05, 0.1) is 29.6 Å². The van der Waals surface area contributed by atoms with Gasteiger partial charge in [-0.3, -0.25) is 9.59 Å². The van der Waals surface area contributed by atoms with Gasteiger partial charge in [-0.15, -0.1) is 0 Å². The zero-order valence-electron chi connectivity index (χ0n) is 12.3. The number of halogens is 1. The van der Waals surface area contributed by atoms with Crippen molar-refractivity contribution in [3.8, 4) is 5.69 Å². The number of carbonyl (C=O) groups excluding carboxylic acids is 1. The topological polar surface area (TPSA) is 75.4 Å². The largest absolute Gasteiger partial charge is 0.481 e. The van der Waals surface area contributed by atoms with Crippen molar-refractivity contribution in [1.82, 2.24) is 14.7 Å². The summed E-state index contributed by atoms with van der Waals surface area (Å²) in [5.74, 6) is -1.19. The molecule has 1 N–H and O–H groups in total. The molecule has 0 bridgehead atoms. The summed E-state index contributed by atoms with van der Waals surface area (Å²) in [6.45, 7) is 1.94. The average Bonchev–Trinajstić information content (AvgIpc) is 2.86. The predicted molar refractivity (Wildman–Crippen MR) is 82.5 cm³/mol. The van der Waals surface area contributed by atoms with Gasteiger partial charge >= 0.3 is 5.97 Å². The molecular formula is C15H16ClN3O3. The molecule has 0 aliphatic rings. The molecule has 0 saturated carbocycles. The molecule has 0 saturated heterocycles. The lowest BCUT2D eigenvalue weighted by molar-refractivity contribution is -0.137. The molecule has 1 heterocycles. The Hall–Kier alpha value is -2.34. The zero-order valence-corrected chi connectivity index (χ0v) is 13.0. The van der Waals surface area contributed by atoms with E-state index in [9.17, 15) is 9.59 Å². The number of nitrogens with zero attached hydrogens (tertiary/aromatic N) is 3. The molecule has 0 spiro atoms. The minimum atomic E-state index is -0.937. The highest BCUT2D eigenvalue weighted by Crippen LogP contribution is 2.17. The Morgan fingerprint density at radius 1 is 1.32 bits per heavy atom. The van der Waals surface area contributed by atoms with E-state index in [2.05, 4.69) is 5.10 Å². The number of carboxylic acid groups (broad SMARTS) is 1. The molecule has 1 aromatic heterocycles. The Morgan fingerprint density at radius 3 is 2.55 bits per heavy atom. The second-order valence-electron chi connectivity index (χ2n) is 4.90. The van der Waals surface area contributed by atoms with Crippen LogP contribution in [0.3, 0.4) is 0 Å². The van der Waals surface area contributed by atoms with Gasteiger partial charge in [0.2, 0.25) is 0 Å². The van der Waals surface area contributed by atoms with Crippen LogP contribution >= 0.6 is 11.6 Å². The molecule has 0 radical (unpaired) electrons. The Morgan fingerprint density at radius 2 is 1.95 bits per heavy atom. The summed E-state index contributed by atoms with van der Waals surface area (Å²) in [7, 11) is 1.57. The van der Waals surface area contributed by atoms with Gasteiger partial charge < -0.3 is 10.0 Å². The summed E-state index contributed by atoms with van der Waals surface area (Å²) >= 11 is 5.86. The van der Waals surface area contributed by atoms with Gasteiger partial charge in [-0.05, 0) is 31.2 Å². The van der Waals surface area contributed by atoms with Crippen LogP contribution in [-0.4, -0.2) is 45.3 Å². The lowest BCUT2D eigenvalue weighted by atomic mass is 10.2. The molecule has 0 unspecified atom stereocenters. The van der Waals surface area contributed by atoms with Gasteiger partial charge in [0.15, 0.2) is 0 Å². The van der Waals surface area contributed by atoms with E-state index >= 15 is 0 Å². The summed E-state index contributed by atoms with van der Waals surface area (Å²) in [6, 6.07) is 7.12. The maximum absolute atomic E-state index is 12.3. The summed E-state index contributed by atoms with van der Waals surface area (Å²) < 4.78 is 1.65. The zero-order chi connectivity index (χ0) is 16.3. The molecule has 0 aliphatic heterocycles. The normalized spacial score (nSPS) is 10.5. The first-order chi connectivity index (χ1) is 10.4. The molecule has 116 valence electrons. The second-order valence-corrected chi connectivity index (χ2v) is 5.34. The number of rotatable bonds is 5. The standard InChI is InChI=1S/C15H16ClN3O3/c1-10-13(15(22)18(2)8-7-14(20)21)9-17-19(10)12-5-3-11(16)4-6-12/h3-6,9H,7-8H2,1-2H3,(H,20,21). The molecule has 2 aromatic rings. The van der Waals surface area contributed by atoms with E-state index in [0.29, 0.717) is 16.3 Å². The van der Waals surface area contributed by atoms with Gasteiger partial charge in [0, 0.05) is 18.6 Å². The molecule has 0 atom stereocenters. The fraction of sp³-hybridized carbons (Fsp3) is 0.267. The molecule has 7 heteroatoms. The minimum Gasteiger partial charge on any atom is -0.481 e. The third-order valence-corrected chi connectivity index (χ3v) is 3.57. The number of carboxylic acids is 1. The first kappa shape index (κ1) is 16.0. The van der Waals surface area contributed by atoms with Crippen molar-refractivity contribution in [2.75, 3.05) is 13.6 Å². The van der Waals surface area contributed by atoms with Crippen LogP contribution in [-0.2, 0) is 4.79 Å². The van der Waals surface area contributed by atoms with E-state index in [1.54, 1.807) is 30.8 Å². The van der Waals surface area contributed by atoms with Crippen LogP contribution in [0, 0.1) is 6.92 Å². The van der Waals surface area contributed by atoms with Crippen molar-refractivity contribution in [3.05, 3.63) is 46.7 Å². The lowest BCUT2D eigenvalue weighted by Gasteiger charge is -2.15. The van der Waals surface area contributed by atoms with Crippen LogP contribution in [0.15, 0.2) is 30.5 Å². The Balaban J connectivity index is 2.21. The van der Waals surface area contributed by atoms with Gasteiger partial charge in [-0.2, -0.15) is 5.10 Å². The predicted octanol–water partition coefficient (Wildman–Crippen LogP) is 2.38. The van der Waals surface area contributed by atoms with E-state index < -0.39 is 5.97 Å². The quantitative estimate of drug-likeness (QED) is 0.917. The monoisotopic (exact) mass is 321 g/mol. The third kappa shape index (κ3) is 3.46. The van der Waals surface area contributed by atoms with E-state index in [1.165, 1.54) is 11.1 Å². The van der Waals surface area contributed by atoms with E-state index in [-0.39, 0.29) is 18.9 Å². The van der Waals surface area contributed by atoms with Gasteiger partial charge in [0.1, 0.15) is 0 Å². The molecule has 0 fully saturated rings. The third-order valence-electron chi connectivity index (χ3n) is 3.32. The van der Waals surface area contributed by atoms with E-state index in [4.69, 9.17) is 16.7 Å². The van der Waals surface area contributed by atoms with Crippen LogP contribution in [0.25, 0.3) is 5.69 Å². The Labute approximate surface area is 132 Å². The molecule has 22 heavy (non-hydrogen) atoms. The summed E-state index contributed by atoms with van der Waals surface area (Å²) in [6.07, 6.45) is 1.40. The molecule has 1 amide bonds. The molecule has 2 rings (SSSR count). The second kappa shape index (κ2) is 6.62. The van der Waals surface area contributed by atoms with Crippen molar-refractivity contribution in [1.29, 1.82) is 0 Å². The van der Waals surface area contributed by atoms with Crippen molar-refractivity contribution in [3.63, 3.8) is 0 Å². The highest BCUT2D eigenvalue weighted by atomic mass is 35.5. The SMILES string of the molecule is Cc1c(C(=O)N(C)CCC(=O)O)cnn1-c1ccc(Cl)cc1. The van der Waals surface area contributed by atoms with Gasteiger partial charge in [-0.1, -0.05) is 11.6 Å². The number of aliphatic carboxylic acids is 1. The maximum atomic E-state index is 12.3. The van der Waals surface area contributed by atoms with Crippen LogP contribution < -0.4 is 0 Å². The average molecular weight is 322 g/mol. The van der Waals surface area contributed by atoms with Crippen LogP contribution in [0.5, 0.6) is 0 Å². The summed E-state index contributed by atoms with van der Waals surface area (Å²) in [5, 5.41) is 13.5. The first-order valence-corrected chi connectivity index (χ1v) is 7.05. The van der Waals surface area contributed by atoms with Crippen LogP contribution in [0.2, 0.25) is 5.02 Å². The number of benzene rings is 1. The van der Waals surface area contributed by atoms with E-state index in [1.807, 2.05) is 12.1 Å². The van der Waals surface area contributed by atoms with Crippen molar-refractivity contribution < 1.29 is 14.7 Å². The van der Waals surface area contributed by atoms with Gasteiger partial charge in [0.25, 0.3) is 5.91 Å². The molecule has 1 aromatic carbocycles. The highest BCUT2D eigenvalue weighted by molar-refractivity contribution is 6.30. The lowest BCUT2D eigenvalue weighted by Crippen LogP contribution is -2.29. The van der Waals surface area contributed by atoms with Crippen molar-refractivity contribution in [2.24, 2.45) is 0 Å². The molecule has 0 aliphatic carbocycles. The summed E-state index contributed by atoms with van der Waals surface area (Å²) in [4.78, 5) is 24.3. The Kier molecular flexibility index (Phi) is 4.82. The maximum Gasteiger partial charge on any atom is 0.305 e. The number of amides is 1. The number of hydrogen-bond donors (Lipinski definition) is 1.